The summed E-state index contributed by atoms with van der Waals surface area (Å²) in [6.07, 6.45) is 0. The van der Waals surface area contributed by atoms with Gasteiger partial charge in [0.05, 0.1) is 29.9 Å². The summed E-state index contributed by atoms with van der Waals surface area (Å²) in [5.74, 6) is 1.42. The smallest absolute Gasteiger partial charge is 0.235 e. The predicted molar refractivity (Wildman–Crippen MR) is 124 cm³/mol. The standard InChI is InChI=1S/C21H20N6O2S2/c1-14-12-18(27(26-14)15-8-4-3-5-9-15)23-19(28)13-30-21-25-24-20(31-21)22-16-10-6-7-11-17(16)29-2/h3-12H,13H2,1-2H3,(H,22,24)(H,23,28). The molecule has 0 saturated heterocycles. The molecule has 0 aliphatic carbocycles. The third-order valence-electron chi connectivity index (χ3n) is 4.18. The molecule has 1 amide bonds. The van der Waals surface area contributed by atoms with E-state index in [2.05, 4.69) is 25.9 Å². The average Bonchev–Trinajstić information content (AvgIpc) is 3.39. The number of aryl methyl sites for hydroxylation is 1. The summed E-state index contributed by atoms with van der Waals surface area (Å²) in [7, 11) is 1.62. The van der Waals surface area contributed by atoms with Gasteiger partial charge < -0.3 is 15.4 Å². The third kappa shape index (κ3) is 5.22. The number of hydrogen-bond acceptors (Lipinski definition) is 8. The fraction of sp³-hybridized carbons (Fsp3) is 0.143. The number of nitrogens with one attached hydrogen (secondary N) is 2. The van der Waals surface area contributed by atoms with Gasteiger partial charge in [-0.25, -0.2) is 4.68 Å². The number of amides is 1. The predicted octanol–water partition coefficient (Wildman–Crippen LogP) is 4.52. The van der Waals surface area contributed by atoms with Crippen LogP contribution in [0.3, 0.4) is 0 Å². The van der Waals surface area contributed by atoms with Crippen molar-refractivity contribution in [3.8, 4) is 11.4 Å². The first-order valence-electron chi connectivity index (χ1n) is 9.40. The highest BCUT2D eigenvalue weighted by atomic mass is 32.2. The van der Waals surface area contributed by atoms with Gasteiger partial charge in [-0.1, -0.05) is 53.4 Å². The second-order valence-electron chi connectivity index (χ2n) is 6.45. The van der Waals surface area contributed by atoms with Crippen LogP contribution in [0.4, 0.5) is 16.6 Å². The van der Waals surface area contributed by atoms with E-state index in [9.17, 15) is 4.79 Å². The molecule has 2 aromatic carbocycles. The van der Waals surface area contributed by atoms with Gasteiger partial charge in [0.1, 0.15) is 11.6 Å². The number of anilines is 3. The zero-order valence-electron chi connectivity index (χ0n) is 16.9. The van der Waals surface area contributed by atoms with Gasteiger partial charge in [0.25, 0.3) is 0 Å². The maximum Gasteiger partial charge on any atom is 0.235 e. The summed E-state index contributed by atoms with van der Waals surface area (Å²) >= 11 is 2.71. The Morgan fingerprint density at radius 2 is 1.90 bits per heavy atom. The summed E-state index contributed by atoms with van der Waals surface area (Å²) in [4.78, 5) is 12.5. The van der Waals surface area contributed by atoms with E-state index in [1.807, 2.05) is 67.6 Å². The van der Waals surface area contributed by atoms with Gasteiger partial charge in [0.15, 0.2) is 4.34 Å². The highest BCUT2D eigenvalue weighted by Gasteiger charge is 2.13. The molecule has 0 aliphatic rings. The fourth-order valence-electron chi connectivity index (χ4n) is 2.84. The van der Waals surface area contributed by atoms with Crippen molar-refractivity contribution in [3.05, 3.63) is 66.4 Å². The van der Waals surface area contributed by atoms with Crippen LogP contribution in [0.1, 0.15) is 5.69 Å². The van der Waals surface area contributed by atoms with Crippen LogP contribution in [0.25, 0.3) is 5.69 Å². The molecule has 2 aromatic heterocycles. The lowest BCUT2D eigenvalue weighted by molar-refractivity contribution is -0.113. The Morgan fingerprint density at radius 1 is 1.13 bits per heavy atom. The van der Waals surface area contributed by atoms with E-state index < -0.39 is 0 Å². The molecule has 0 spiro atoms. The first-order valence-corrected chi connectivity index (χ1v) is 11.2. The van der Waals surface area contributed by atoms with Crippen molar-refractivity contribution >= 4 is 45.6 Å². The summed E-state index contributed by atoms with van der Waals surface area (Å²) in [6, 6.07) is 19.1. The van der Waals surface area contributed by atoms with Crippen molar-refractivity contribution in [1.29, 1.82) is 0 Å². The maximum atomic E-state index is 12.5. The molecule has 8 nitrogen and oxygen atoms in total. The number of ether oxygens (including phenoxy) is 1. The Hall–Kier alpha value is -3.37. The Kier molecular flexibility index (Phi) is 6.48. The Labute approximate surface area is 187 Å². The largest absolute Gasteiger partial charge is 0.495 e. The Bertz CT molecular complexity index is 1180. The van der Waals surface area contributed by atoms with Crippen LogP contribution < -0.4 is 15.4 Å². The highest BCUT2D eigenvalue weighted by Crippen LogP contribution is 2.31. The first-order chi connectivity index (χ1) is 15.1. The zero-order valence-corrected chi connectivity index (χ0v) is 18.5. The van der Waals surface area contributed by atoms with Crippen molar-refractivity contribution in [2.45, 2.75) is 11.3 Å². The van der Waals surface area contributed by atoms with Crippen LogP contribution >= 0.6 is 23.1 Å². The number of rotatable bonds is 8. The maximum absolute atomic E-state index is 12.5. The molecular weight excluding hydrogens is 432 g/mol. The monoisotopic (exact) mass is 452 g/mol. The number of benzene rings is 2. The number of aromatic nitrogens is 4. The first kappa shape index (κ1) is 20.9. The number of para-hydroxylation sites is 3. The van der Waals surface area contributed by atoms with Gasteiger partial charge in [-0.15, -0.1) is 10.2 Å². The van der Waals surface area contributed by atoms with Crippen LogP contribution in [0.2, 0.25) is 0 Å². The molecule has 2 heterocycles. The van der Waals surface area contributed by atoms with Crippen molar-refractivity contribution in [2.24, 2.45) is 0 Å². The molecule has 0 fully saturated rings. The quantitative estimate of drug-likeness (QED) is 0.380. The molecular formula is C21H20N6O2S2. The topological polar surface area (TPSA) is 94.0 Å². The molecule has 0 radical (unpaired) electrons. The molecule has 0 bridgehead atoms. The van der Waals surface area contributed by atoms with Gasteiger partial charge in [-0.05, 0) is 31.2 Å². The van der Waals surface area contributed by atoms with Gasteiger partial charge in [-0.3, -0.25) is 4.79 Å². The molecule has 0 unspecified atom stereocenters. The van der Waals surface area contributed by atoms with E-state index in [-0.39, 0.29) is 11.7 Å². The number of carbonyl (C=O) groups is 1. The molecule has 4 rings (SSSR count). The Balaban J connectivity index is 1.36. The molecule has 4 aromatic rings. The molecule has 0 saturated carbocycles. The molecule has 2 N–H and O–H groups in total. The SMILES string of the molecule is COc1ccccc1Nc1nnc(SCC(=O)Nc2cc(C)nn2-c2ccccc2)s1. The lowest BCUT2D eigenvalue weighted by Gasteiger charge is -2.08. The summed E-state index contributed by atoms with van der Waals surface area (Å²) in [5.41, 5.74) is 2.51. The second kappa shape index (κ2) is 9.63. The molecule has 158 valence electrons. The van der Waals surface area contributed by atoms with Crippen molar-refractivity contribution in [2.75, 3.05) is 23.5 Å². The molecule has 0 atom stereocenters. The number of methoxy groups -OCH3 is 1. The van der Waals surface area contributed by atoms with E-state index in [0.29, 0.717) is 15.3 Å². The third-order valence-corrected chi connectivity index (χ3v) is 6.15. The normalized spacial score (nSPS) is 10.6. The van der Waals surface area contributed by atoms with Gasteiger partial charge in [0.2, 0.25) is 11.0 Å². The summed E-state index contributed by atoms with van der Waals surface area (Å²) in [6.45, 7) is 1.89. The number of hydrogen-bond donors (Lipinski definition) is 2. The number of nitrogens with zero attached hydrogens (tertiary/aromatic N) is 4. The fourth-order valence-corrected chi connectivity index (χ4v) is 4.41. The van der Waals surface area contributed by atoms with Gasteiger partial charge in [0, 0.05) is 6.07 Å². The highest BCUT2D eigenvalue weighted by molar-refractivity contribution is 8.01. The van der Waals surface area contributed by atoms with Gasteiger partial charge in [-0.2, -0.15) is 5.10 Å². The summed E-state index contributed by atoms with van der Waals surface area (Å²) in [5, 5.41) is 19.5. The van der Waals surface area contributed by atoms with Crippen molar-refractivity contribution in [3.63, 3.8) is 0 Å². The Morgan fingerprint density at radius 3 is 2.71 bits per heavy atom. The number of thioether (sulfide) groups is 1. The molecule has 0 aliphatic heterocycles. The van der Waals surface area contributed by atoms with Crippen LogP contribution in [-0.4, -0.2) is 38.7 Å². The van der Waals surface area contributed by atoms with E-state index in [1.165, 1.54) is 23.1 Å². The molecule has 31 heavy (non-hydrogen) atoms. The lowest BCUT2D eigenvalue weighted by atomic mass is 10.3. The van der Waals surface area contributed by atoms with E-state index >= 15 is 0 Å². The molecule has 10 heteroatoms. The van der Waals surface area contributed by atoms with Crippen LogP contribution in [-0.2, 0) is 4.79 Å². The van der Waals surface area contributed by atoms with Crippen molar-refractivity contribution < 1.29 is 9.53 Å². The minimum atomic E-state index is -0.142. The second-order valence-corrected chi connectivity index (χ2v) is 8.65. The van der Waals surface area contributed by atoms with Gasteiger partial charge >= 0.3 is 0 Å². The van der Waals surface area contributed by atoms with Crippen molar-refractivity contribution in [1.82, 2.24) is 20.0 Å². The zero-order chi connectivity index (χ0) is 21.6. The number of carbonyl (C=O) groups excluding carboxylic acids is 1. The van der Waals surface area contributed by atoms with E-state index in [1.54, 1.807) is 11.8 Å². The summed E-state index contributed by atoms with van der Waals surface area (Å²) < 4.78 is 7.75. The lowest BCUT2D eigenvalue weighted by Crippen LogP contribution is -2.16. The van der Waals surface area contributed by atoms with Crippen LogP contribution in [0, 0.1) is 6.92 Å². The van der Waals surface area contributed by atoms with E-state index in [0.717, 1.165) is 22.8 Å². The van der Waals surface area contributed by atoms with E-state index in [4.69, 9.17) is 4.74 Å². The minimum Gasteiger partial charge on any atom is -0.495 e. The average molecular weight is 453 g/mol. The van der Waals surface area contributed by atoms with Crippen LogP contribution in [0.5, 0.6) is 5.75 Å². The minimum absolute atomic E-state index is 0.142. The van der Waals surface area contributed by atoms with Crippen LogP contribution in [0.15, 0.2) is 65.0 Å².